The largest absolute Gasteiger partial charge is 0.459 e. The molecule has 2 aliphatic heterocycles. The van der Waals surface area contributed by atoms with E-state index >= 15 is 0 Å². The zero-order chi connectivity index (χ0) is 33.9. The van der Waals surface area contributed by atoms with Crippen LogP contribution in [0.4, 0.5) is 0 Å². The SMILES string of the molecule is CC[C@H]1OC(=O)C(C)[C@@](O)(CN(C)C)[C@H](C)[C@@H](O[C@@H]2O[C@H](C)C[C@H](N(C)C)[C@H]2O)[C@@](C)(O)C[C@@H](C)CN[C@H](C)[C@@H](O)[C@]1(C)O. The summed E-state index contributed by atoms with van der Waals surface area (Å²) < 4.78 is 18.5. The Balaban J connectivity index is 2.68. The van der Waals surface area contributed by atoms with Crippen molar-refractivity contribution in [2.75, 3.05) is 41.3 Å². The third-order valence-corrected chi connectivity index (χ3v) is 9.99. The molecule has 0 amide bonds. The van der Waals surface area contributed by atoms with Crippen molar-refractivity contribution in [1.29, 1.82) is 0 Å². The second kappa shape index (κ2) is 15.3. The molecule has 2 heterocycles. The first kappa shape index (κ1) is 39.2. The number of hydrogen-bond acceptors (Lipinski definition) is 12. The van der Waals surface area contributed by atoms with Crippen LogP contribution in [0.25, 0.3) is 0 Å². The fourth-order valence-electron chi connectivity index (χ4n) is 7.20. The van der Waals surface area contributed by atoms with Gasteiger partial charge in [0.2, 0.25) is 0 Å². The van der Waals surface area contributed by atoms with Crippen LogP contribution < -0.4 is 5.32 Å². The molecule has 12 nitrogen and oxygen atoms in total. The third-order valence-electron chi connectivity index (χ3n) is 9.99. The Kier molecular flexibility index (Phi) is 13.7. The topological polar surface area (TPSA) is 164 Å². The minimum atomic E-state index is -1.79. The molecule has 2 aliphatic rings. The number of nitrogens with one attached hydrogen (secondary N) is 1. The molecule has 0 bridgehead atoms. The maximum atomic E-state index is 13.8. The van der Waals surface area contributed by atoms with Gasteiger partial charge in [-0.25, -0.2) is 0 Å². The van der Waals surface area contributed by atoms with E-state index in [-0.39, 0.29) is 37.5 Å². The van der Waals surface area contributed by atoms with Crippen molar-refractivity contribution in [3.63, 3.8) is 0 Å². The molecular weight excluding hydrogens is 570 g/mol. The maximum absolute atomic E-state index is 13.8. The summed E-state index contributed by atoms with van der Waals surface area (Å²) in [6.07, 6.45) is -4.73. The highest BCUT2D eigenvalue weighted by atomic mass is 16.7. The lowest BCUT2D eigenvalue weighted by molar-refractivity contribution is -0.305. The average molecular weight is 634 g/mol. The van der Waals surface area contributed by atoms with E-state index in [0.717, 1.165) is 0 Å². The van der Waals surface area contributed by atoms with Gasteiger partial charge in [-0.05, 0) is 94.5 Å². The van der Waals surface area contributed by atoms with E-state index in [2.05, 4.69) is 5.32 Å². The first-order chi connectivity index (χ1) is 20.1. The Morgan fingerprint density at radius 2 is 1.61 bits per heavy atom. The van der Waals surface area contributed by atoms with Gasteiger partial charge in [0.25, 0.3) is 0 Å². The molecule has 0 radical (unpaired) electrons. The third kappa shape index (κ3) is 8.90. The first-order valence-electron chi connectivity index (χ1n) is 16.2. The second-order valence-electron chi connectivity index (χ2n) is 14.7. The smallest absolute Gasteiger partial charge is 0.312 e. The summed E-state index contributed by atoms with van der Waals surface area (Å²) in [7, 11) is 7.30. The number of aliphatic hydroxyl groups is 5. The molecule has 0 saturated carbocycles. The van der Waals surface area contributed by atoms with Crippen LogP contribution in [0.3, 0.4) is 0 Å². The van der Waals surface area contributed by atoms with Crippen molar-refractivity contribution in [3.8, 4) is 0 Å². The Labute approximate surface area is 265 Å². The van der Waals surface area contributed by atoms with Gasteiger partial charge in [0, 0.05) is 24.5 Å². The van der Waals surface area contributed by atoms with E-state index in [9.17, 15) is 30.3 Å². The standard InChI is InChI=1S/C32H63N3O9/c1-13-24-31(8,40)26(37)22(6)33-16-18(2)15-30(7,39)27(44-29-25(36)23(35(11)12)14-19(3)42-29)20(4)32(41,17-34(9)10)21(5)28(38)43-24/h18-27,29,33,36-37,39-41H,13-17H2,1-12H3/t18-,19-,20-,21?,22-,23+,24-,25-,26-,27-,29+,30+,31-,32-/m1/s1. The molecule has 6 N–H and O–H groups in total. The predicted octanol–water partition coefficient (Wildman–Crippen LogP) is 0.565. The molecule has 2 fully saturated rings. The molecule has 2 rings (SSSR count). The van der Waals surface area contributed by atoms with Gasteiger partial charge in [-0.2, -0.15) is 0 Å². The summed E-state index contributed by atoms with van der Waals surface area (Å²) in [6.45, 7) is 14.1. The molecule has 0 spiro atoms. The number of rotatable bonds is 6. The molecule has 0 aliphatic carbocycles. The van der Waals surface area contributed by atoms with Gasteiger partial charge in [-0.3, -0.25) is 4.79 Å². The Morgan fingerprint density at radius 3 is 2.14 bits per heavy atom. The van der Waals surface area contributed by atoms with Crippen LogP contribution in [-0.4, -0.2) is 148 Å². The van der Waals surface area contributed by atoms with E-state index in [4.69, 9.17) is 14.2 Å². The van der Waals surface area contributed by atoms with Gasteiger partial charge >= 0.3 is 5.97 Å². The zero-order valence-electron chi connectivity index (χ0n) is 29.1. The summed E-state index contributed by atoms with van der Waals surface area (Å²) in [5, 5.41) is 61.8. The van der Waals surface area contributed by atoms with Crippen LogP contribution in [0.1, 0.15) is 74.7 Å². The molecule has 0 aromatic heterocycles. The van der Waals surface area contributed by atoms with Crippen molar-refractivity contribution in [3.05, 3.63) is 0 Å². The fraction of sp³-hybridized carbons (Fsp3) is 0.969. The molecule has 260 valence electrons. The van der Waals surface area contributed by atoms with E-state index < -0.39 is 71.4 Å². The molecular formula is C32H63N3O9. The quantitative estimate of drug-likeness (QED) is 0.226. The number of hydrogen-bond donors (Lipinski definition) is 6. The number of aliphatic hydroxyl groups excluding tert-OH is 2. The van der Waals surface area contributed by atoms with Gasteiger partial charge in [0.05, 0.1) is 29.3 Å². The molecule has 44 heavy (non-hydrogen) atoms. The van der Waals surface area contributed by atoms with E-state index in [0.29, 0.717) is 13.0 Å². The van der Waals surface area contributed by atoms with E-state index in [1.165, 1.54) is 6.92 Å². The minimum absolute atomic E-state index is 0.0229. The molecule has 2 saturated heterocycles. The minimum Gasteiger partial charge on any atom is -0.459 e. The van der Waals surface area contributed by atoms with Gasteiger partial charge in [0.1, 0.15) is 23.9 Å². The number of nitrogens with zero attached hydrogens (tertiary/aromatic N) is 2. The van der Waals surface area contributed by atoms with Crippen LogP contribution in [0.15, 0.2) is 0 Å². The molecule has 14 atom stereocenters. The van der Waals surface area contributed by atoms with Crippen molar-refractivity contribution in [2.45, 2.75) is 140 Å². The Bertz CT molecular complexity index is 919. The van der Waals surface area contributed by atoms with Crippen molar-refractivity contribution in [1.82, 2.24) is 15.1 Å². The lowest BCUT2D eigenvalue weighted by Crippen LogP contribution is -2.63. The normalized spacial score (nSPS) is 47.2. The fourth-order valence-corrected chi connectivity index (χ4v) is 7.20. The van der Waals surface area contributed by atoms with Crippen molar-refractivity contribution < 1.29 is 44.5 Å². The van der Waals surface area contributed by atoms with Gasteiger partial charge < -0.3 is 54.9 Å². The van der Waals surface area contributed by atoms with Gasteiger partial charge in [0.15, 0.2) is 6.29 Å². The van der Waals surface area contributed by atoms with Crippen molar-refractivity contribution >= 4 is 5.97 Å². The van der Waals surface area contributed by atoms with Crippen LogP contribution in [0.2, 0.25) is 0 Å². The van der Waals surface area contributed by atoms with E-state index in [1.54, 1.807) is 53.6 Å². The van der Waals surface area contributed by atoms with Gasteiger partial charge in [-0.15, -0.1) is 0 Å². The van der Waals surface area contributed by atoms with E-state index in [1.807, 2.05) is 32.8 Å². The monoisotopic (exact) mass is 633 g/mol. The Morgan fingerprint density at radius 1 is 1.02 bits per heavy atom. The lowest BCUT2D eigenvalue weighted by atomic mass is 9.70. The van der Waals surface area contributed by atoms with Crippen LogP contribution in [0, 0.1) is 17.8 Å². The number of ether oxygens (including phenoxy) is 3. The first-order valence-corrected chi connectivity index (χ1v) is 16.2. The molecule has 12 heteroatoms. The molecule has 0 aromatic rings. The summed E-state index contributed by atoms with van der Waals surface area (Å²) in [5.41, 5.74) is -5.13. The van der Waals surface area contributed by atoms with Crippen LogP contribution in [-0.2, 0) is 19.0 Å². The van der Waals surface area contributed by atoms with Crippen LogP contribution in [0.5, 0.6) is 0 Å². The Hall–Kier alpha value is -0.930. The number of carbonyl (C=O) groups excluding carboxylic acids is 1. The predicted molar refractivity (Wildman–Crippen MR) is 168 cm³/mol. The zero-order valence-corrected chi connectivity index (χ0v) is 29.1. The van der Waals surface area contributed by atoms with Crippen LogP contribution >= 0.6 is 0 Å². The maximum Gasteiger partial charge on any atom is 0.312 e. The lowest BCUT2D eigenvalue weighted by Gasteiger charge is -2.50. The van der Waals surface area contributed by atoms with Gasteiger partial charge in [-0.1, -0.05) is 20.8 Å². The number of carbonyl (C=O) groups is 1. The highest BCUT2D eigenvalue weighted by molar-refractivity contribution is 5.74. The second-order valence-corrected chi connectivity index (χ2v) is 14.7. The molecule has 0 aromatic carbocycles. The number of likely N-dealkylation sites (N-methyl/N-ethyl adjacent to an activating group) is 2. The van der Waals surface area contributed by atoms with Crippen molar-refractivity contribution in [2.24, 2.45) is 17.8 Å². The highest BCUT2D eigenvalue weighted by Crippen LogP contribution is 2.40. The number of esters is 1. The summed E-state index contributed by atoms with van der Waals surface area (Å²) in [6, 6.07) is -0.824. The summed E-state index contributed by atoms with van der Waals surface area (Å²) in [5.74, 6) is -2.90. The highest BCUT2D eigenvalue weighted by Gasteiger charge is 2.55. The number of cyclic esters (lactones) is 1. The molecule has 1 unspecified atom stereocenters. The average Bonchev–Trinajstić information content (AvgIpc) is 2.91. The summed E-state index contributed by atoms with van der Waals surface area (Å²) >= 11 is 0. The summed E-state index contributed by atoms with van der Waals surface area (Å²) in [4.78, 5) is 17.4.